The van der Waals surface area contributed by atoms with E-state index in [1.54, 1.807) is 16.8 Å². The normalized spacial score (nSPS) is 11.4. The van der Waals surface area contributed by atoms with Crippen molar-refractivity contribution in [3.8, 4) is 0 Å². The number of nitrogens with zero attached hydrogens (tertiary/aromatic N) is 5. The molecule has 0 bridgehead atoms. The standard InChI is InChI=1S/C28H27FN6O/c1-19-12-20(2)25-14-23(28(36)30-26(25)13-19)17-34(15-22-8-10-24(29)11-9-22)18-27-31-32-33-35(27)16-21-6-4-3-5-7-21/h3-14H,15-18H2,1-2H3,(H,30,36). The Balaban J connectivity index is 1.46. The van der Waals surface area contributed by atoms with Crippen molar-refractivity contribution in [3.05, 3.63) is 123 Å². The van der Waals surface area contributed by atoms with Gasteiger partial charge in [0.2, 0.25) is 0 Å². The highest BCUT2D eigenvalue weighted by atomic mass is 19.1. The summed E-state index contributed by atoms with van der Waals surface area (Å²) >= 11 is 0. The highest BCUT2D eigenvalue weighted by Crippen LogP contribution is 2.20. The minimum atomic E-state index is -0.283. The summed E-state index contributed by atoms with van der Waals surface area (Å²) in [6.07, 6.45) is 0. The lowest BCUT2D eigenvalue weighted by atomic mass is 10.0. The zero-order chi connectivity index (χ0) is 25.1. The van der Waals surface area contributed by atoms with Gasteiger partial charge in [-0.15, -0.1) is 5.10 Å². The van der Waals surface area contributed by atoms with Gasteiger partial charge in [-0.3, -0.25) is 9.69 Å². The molecule has 3 aromatic carbocycles. The van der Waals surface area contributed by atoms with Crippen LogP contribution in [0.25, 0.3) is 10.9 Å². The fourth-order valence-electron chi connectivity index (χ4n) is 4.51. The first-order valence-corrected chi connectivity index (χ1v) is 11.8. The average Bonchev–Trinajstić information content (AvgIpc) is 3.28. The van der Waals surface area contributed by atoms with Gasteiger partial charge in [0.15, 0.2) is 5.82 Å². The van der Waals surface area contributed by atoms with Crippen molar-refractivity contribution in [3.63, 3.8) is 0 Å². The van der Waals surface area contributed by atoms with Crippen molar-refractivity contribution in [1.29, 1.82) is 0 Å². The second kappa shape index (κ2) is 10.2. The van der Waals surface area contributed by atoms with E-state index in [4.69, 9.17) is 0 Å². The largest absolute Gasteiger partial charge is 0.322 e. The number of aromatic nitrogens is 5. The van der Waals surface area contributed by atoms with Gasteiger partial charge >= 0.3 is 0 Å². The van der Waals surface area contributed by atoms with Crippen LogP contribution in [0, 0.1) is 19.7 Å². The maximum atomic E-state index is 13.5. The van der Waals surface area contributed by atoms with Crippen LogP contribution in [0.1, 0.15) is 33.6 Å². The highest BCUT2D eigenvalue weighted by molar-refractivity contribution is 5.83. The molecule has 182 valence electrons. The van der Waals surface area contributed by atoms with E-state index >= 15 is 0 Å². The number of H-pyrrole nitrogens is 1. The molecule has 0 unspecified atom stereocenters. The topological polar surface area (TPSA) is 79.7 Å². The summed E-state index contributed by atoms with van der Waals surface area (Å²) < 4.78 is 15.3. The van der Waals surface area contributed by atoms with E-state index in [9.17, 15) is 9.18 Å². The first-order chi connectivity index (χ1) is 17.4. The number of benzene rings is 3. The number of hydrogen-bond donors (Lipinski definition) is 1. The summed E-state index contributed by atoms with van der Waals surface area (Å²) in [6, 6.07) is 22.5. The minimum absolute atomic E-state index is 0.125. The predicted octanol–water partition coefficient (Wildman–Crippen LogP) is 4.52. The Kier molecular flexibility index (Phi) is 6.69. The van der Waals surface area contributed by atoms with Gasteiger partial charge in [-0.1, -0.05) is 48.5 Å². The smallest absolute Gasteiger partial charge is 0.252 e. The Morgan fingerprint density at radius 3 is 2.47 bits per heavy atom. The third-order valence-electron chi connectivity index (χ3n) is 6.25. The highest BCUT2D eigenvalue weighted by Gasteiger charge is 2.16. The average molecular weight is 483 g/mol. The number of pyridine rings is 1. The molecule has 1 N–H and O–H groups in total. The fraction of sp³-hybridized carbons (Fsp3) is 0.214. The number of halogens is 1. The fourth-order valence-corrected chi connectivity index (χ4v) is 4.51. The zero-order valence-electron chi connectivity index (χ0n) is 20.3. The Morgan fingerprint density at radius 2 is 1.69 bits per heavy atom. The summed E-state index contributed by atoms with van der Waals surface area (Å²) in [5.74, 6) is 0.402. The predicted molar refractivity (Wildman–Crippen MR) is 137 cm³/mol. The number of fused-ring (bicyclic) bond motifs is 1. The van der Waals surface area contributed by atoms with E-state index in [0.717, 1.165) is 33.2 Å². The van der Waals surface area contributed by atoms with Gasteiger partial charge in [0, 0.05) is 29.6 Å². The molecule has 8 heteroatoms. The summed E-state index contributed by atoms with van der Waals surface area (Å²) in [4.78, 5) is 18.2. The van der Waals surface area contributed by atoms with Crippen LogP contribution in [0.3, 0.4) is 0 Å². The minimum Gasteiger partial charge on any atom is -0.322 e. The second-order valence-corrected chi connectivity index (χ2v) is 9.18. The molecule has 0 radical (unpaired) electrons. The first-order valence-electron chi connectivity index (χ1n) is 11.8. The number of tetrazole rings is 1. The van der Waals surface area contributed by atoms with E-state index in [1.165, 1.54) is 12.1 Å². The molecule has 0 spiro atoms. The molecule has 5 aromatic rings. The molecule has 2 aromatic heterocycles. The van der Waals surface area contributed by atoms with Gasteiger partial charge < -0.3 is 4.98 Å². The number of nitrogens with one attached hydrogen (secondary N) is 1. The van der Waals surface area contributed by atoms with Crippen molar-refractivity contribution in [2.45, 2.75) is 40.0 Å². The number of rotatable bonds is 8. The van der Waals surface area contributed by atoms with Crippen molar-refractivity contribution < 1.29 is 4.39 Å². The Hall–Kier alpha value is -4.17. The second-order valence-electron chi connectivity index (χ2n) is 9.18. The van der Waals surface area contributed by atoms with Crippen LogP contribution in [0.15, 0.2) is 77.6 Å². The van der Waals surface area contributed by atoms with Crippen molar-refractivity contribution in [1.82, 2.24) is 30.1 Å². The molecule has 0 aliphatic carbocycles. The van der Waals surface area contributed by atoms with Crippen molar-refractivity contribution in [2.75, 3.05) is 0 Å². The van der Waals surface area contributed by atoms with Crippen LogP contribution in [-0.4, -0.2) is 30.1 Å². The number of aryl methyl sites for hydroxylation is 2. The van der Waals surface area contributed by atoms with Crippen LogP contribution in [0.4, 0.5) is 4.39 Å². The van der Waals surface area contributed by atoms with Gasteiger partial charge in [0.1, 0.15) is 5.82 Å². The Bertz CT molecular complexity index is 1540. The molecule has 0 fully saturated rings. The molecule has 0 saturated carbocycles. The number of hydrogen-bond acceptors (Lipinski definition) is 5. The van der Waals surface area contributed by atoms with E-state index < -0.39 is 0 Å². The van der Waals surface area contributed by atoms with Gasteiger partial charge in [-0.2, -0.15) is 0 Å². The molecule has 0 amide bonds. The SMILES string of the molecule is Cc1cc(C)c2cc(CN(Cc3ccc(F)cc3)Cc3nnnn3Cc3ccccc3)c(=O)[nH]c2c1. The third-order valence-corrected chi connectivity index (χ3v) is 6.25. The Morgan fingerprint density at radius 1 is 0.917 bits per heavy atom. The van der Waals surface area contributed by atoms with Crippen LogP contribution in [0.2, 0.25) is 0 Å². The molecule has 0 aliphatic heterocycles. The molecular weight excluding hydrogens is 455 g/mol. The van der Waals surface area contributed by atoms with E-state index in [1.807, 2.05) is 56.3 Å². The van der Waals surface area contributed by atoms with Crippen LogP contribution in [-0.2, 0) is 26.2 Å². The quantitative estimate of drug-likeness (QED) is 0.352. The van der Waals surface area contributed by atoms with Crippen molar-refractivity contribution >= 4 is 10.9 Å². The van der Waals surface area contributed by atoms with Crippen LogP contribution < -0.4 is 5.56 Å². The van der Waals surface area contributed by atoms with E-state index in [2.05, 4.69) is 31.5 Å². The molecule has 2 heterocycles. The molecule has 7 nitrogen and oxygen atoms in total. The number of aromatic amines is 1. The third kappa shape index (κ3) is 5.39. The lowest BCUT2D eigenvalue weighted by molar-refractivity contribution is 0.236. The van der Waals surface area contributed by atoms with Crippen molar-refractivity contribution in [2.24, 2.45) is 0 Å². The van der Waals surface area contributed by atoms with Gasteiger partial charge in [-0.25, -0.2) is 9.07 Å². The zero-order valence-corrected chi connectivity index (χ0v) is 20.3. The maximum absolute atomic E-state index is 13.5. The van der Waals surface area contributed by atoms with Crippen LogP contribution in [0.5, 0.6) is 0 Å². The summed E-state index contributed by atoms with van der Waals surface area (Å²) in [6.45, 7) is 5.91. The van der Waals surface area contributed by atoms with Gasteiger partial charge in [0.25, 0.3) is 5.56 Å². The van der Waals surface area contributed by atoms with Gasteiger partial charge in [-0.05, 0) is 70.8 Å². The van der Waals surface area contributed by atoms with Crippen LogP contribution >= 0.6 is 0 Å². The summed E-state index contributed by atoms with van der Waals surface area (Å²) in [5, 5.41) is 13.4. The lowest BCUT2D eigenvalue weighted by Crippen LogP contribution is -2.28. The summed E-state index contributed by atoms with van der Waals surface area (Å²) in [5.41, 5.74) is 5.60. The molecule has 0 aliphatic rings. The monoisotopic (exact) mass is 482 g/mol. The molecule has 36 heavy (non-hydrogen) atoms. The summed E-state index contributed by atoms with van der Waals surface area (Å²) in [7, 11) is 0. The maximum Gasteiger partial charge on any atom is 0.252 e. The Labute approximate surface area is 208 Å². The first kappa shape index (κ1) is 23.6. The molecule has 5 rings (SSSR count). The lowest BCUT2D eigenvalue weighted by Gasteiger charge is -2.22. The molecular formula is C28H27FN6O. The van der Waals surface area contributed by atoms with E-state index in [0.29, 0.717) is 37.6 Å². The van der Waals surface area contributed by atoms with E-state index in [-0.39, 0.29) is 11.4 Å². The molecule has 0 saturated heterocycles. The van der Waals surface area contributed by atoms with Gasteiger partial charge in [0.05, 0.1) is 13.1 Å². The molecule has 0 atom stereocenters.